The van der Waals surface area contributed by atoms with E-state index < -0.39 is 16.6 Å². The number of nitrogens with two attached hydrogens (primary N) is 1. The summed E-state index contributed by atoms with van der Waals surface area (Å²) in [5.41, 5.74) is 6.92. The first-order valence-corrected chi connectivity index (χ1v) is 7.37. The smallest absolute Gasteiger partial charge is 0.125 e. The molecule has 0 radical (unpaired) electrons. The third-order valence-electron chi connectivity index (χ3n) is 2.91. The van der Waals surface area contributed by atoms with E-state index in [-0.39, 0.29) is 11.4 Å². The highest BCUT2D eigenvalue weighted by Gasteiger charge is 2.13. The van der Waals surface area contributed by atoms with Crippen molar-refractivity contribution in [3.05, 3.63) is 53.3 Å². The number of methoxy groups -OCH3 is 1. The second-order valence-electron chi connectivity index (χ2n) is 4.31. The van der Waals surface area contributed by atoms with Gasteiger partial charge in [0, 0.05) is 5.56 Å². The van der Waals surface area contributed by atoms with Crippen LogP contribution in [0, 0.1) is 17.1 Å². The molecule has 2 aromatic rings. The van der Waals surface area contributed by atoms with E-state index in [0.29, 0.717) is 21.8 Å². The monoisotopic (exact) mass is 304 g/mol. The number of anilines is 1. The predicted octanol–water partition coefficient (Wildman–Crippen LogP) is 2.60. The Labute approximate surface area is 124 Å². The average Bonchev–Trinajstić information content (AvgIpc) is 2.46. The zero-order valence-electron chi connectivity index (χ0n) is 11.3. The summed E-state index contributed by atoms with van der Waals surface area (Å²) in [4.78, 5) is 0.362. The number of nitrogens with zero attached hydrogens (tertiary/aromatic N) is 1. The number of ether oxygens (including phenoxy) is 1. The molecule has 2 N–H and O–H groups in total. The Bertz CT molecular complexity index is 741. The molecule has 0 saturated heterocycles. The van der Waals surface area contributed by atoms with Crippen molar-refractivity contribution in [2.75, 3.05) is 12.8 Å². The van der Waals surface area contributed by atoms with Crippen LogP contribution in [0.3, 0.4) is 0 Å². The molecule has 0 heterocycles. The van der Waals surface area contributed by atoms with Crippen molar-refractivity contribution in [3.8, 4) is 11.8 Å². The minimum atomic E-state index is -1.46. The van der Waals surface area contributed by atoms with Crippen molar-refractivity contribution in [2.24, 2.45) is 0 Å². The molecule has 0 aliphatic carbocycles. The van der Waals surface area contributed by atoms with Crippen LogP contribution in [0.5, 0.6) is 5.75 Å². The third kappa shape index (κ3) is 3.38. The average molecular weight is 304 g/mol. The quantitative estimate of drug-likeness (QED) is 0.881. The third-order valence-corrected chi connectivity index (χ3v) is 4.35. The fourth-order valence-corrected chi connectivity index (χ4v) is 3.11. The fourth-order valence-electron chi connectivity index (χ4n) is 1.91. The minimum absolute atomic E-state index is 0.133. The van der Waals surface area contributed by atoms with E-state index in [4.69, 9.17) is 15.7 Å². The lowest BCUT2D eigenvalue weighted by atomic mass is 10.1. The Kier molecular flexibility index (Phi) is 4.55. The fraction of sp³-hybridized carbons (Fsp3) is 0.133. The van der Waals surface area contributed by atoms with Gasteiger partial charge in [0.1, 0.15) is 11.6 Å². The Balaban J connectivity index is 2.33. The van der Waals surface area contributed by atoms with Crippen molar-refractivity contribution in [1.82, 2.24) is 0 Å². The molecule has 0 aliphatic heterocycles. The van der Waals surface area contributed by atoms with Crippen LogP contribution in [0.1, 0.15) is 11.1 Å². The van der Waals surface area contributed by atoms with E-state index in [2.05, 4.69) is 0 Å². The molecule has 6 heteroatoms. The second kappa shape index (κ2) is 6.37. The van der Waals surface area contributed by atoms with Crippen LogP contribution in [0.2, 0.25) is 0 Å². The van der Waals surface area contributed by atoms with Crippen molar-refractivity contribution in [2.45, 2.75) is 10.6 Å². The SMILES string of the molecule is COc1ccc(C#N)cc1CS(=O)c1ccc(F)cc1N. The molecule has 21 heavy (non-hydrogen) atoms. The lowest BCUT2D eigenvalue weighted by Gasteiger charge is -2.10. The van der Waals surface area contributed by atoms with Crippen LogP contribution in [-0.2, 0) is 16.6 Å². The molecule has 0 aliphatic rings. The van der Waals surface area contributed by atoms with E-state index in [9.17, 15) is 8.60 Å². The summed E-state index contributed by atoms with van der Waals surface area (Å²) in [6, 6.07) is 10.7. The zero-order valence-corrected chi connectivity index (χ0v) is 12.1. The van der Waals surface area contributed by atoms with Crippen LogP contribution in [-0.4, -0.2) is 11.3 Å². The van der Waals surface area contributed by atoms with Gasteiger partial charge in [-0.3, -0.25) is 4.21 Å². The Morgan fingerprint density at radius 2 is 2.10 bits per heavy atom. The number of halogens is 1. The summed E-state index contributed by atoms with van der Waals surface area (Å²) in [7, 11) is 0.0426. The molecule has 0 saturated carbocycles. The number of hydrogen-bond acceptors (Lipinski definition) is 4. The first kappa shape index (κ1) is 15.0. The standard InChI is InChI=1S/C15H13FN2O2S/c1-20-14-4-2-10(8-17)6-11(14)9-21(19)15-5-3-12(16)7-13(15)18/h2-7H,9,18H2,1H3. The minimum Gasteiger partial charge on any atom is -0.496 e. The van der Waals surface area contributed by atoms with Gasteiger partial charge < -0.3 is 10.5 Å². The normalized spacial score (nSPS) is 11.7. The molecule has 0 bridgehead atoms. The topological polar surface area (TPSA) is 76.1 Å². The van der Waals surface area contributed by atoms with Gasteiger partial charge in [-0.15, -0.1) is 0 Å². The molecular weight excluding hydrogens is 291 g/mol. The molecule has 1 unspecified atom stereocenters. The van der Waals surface area contributed by atoms with Crippen LogP contribution in [0.15, 0.2) is 41.3 Å². The molecule has 2 aromatic carbocycles. The summed E-state index contributed by atoms with van der Waals surface area (Å²) in [5, 5.41) is 8.92. The highest BCUT2D eigenvalue weighted by atomic mass is 32.2. The van der Waals surface area contributed by atoms with Crippen molar-refractivity contribution >= 4 is 16.5 Å². The predicted molar refractivity (Wildman–Crippen MR) is 78.6 cm³/mol. The molecule has 0 spiro atoms. The molecule has 0 aromatic heterocycles. The van der Waals surface area contributed by atoms with Crippen molar-refractivity contribution in [3.63, 3.8) is 0 Å². The van der Waals surface area contributed by atoms with Gasteiger partial charge in [0.25, 0.3) is 0 Å². The van der Waals surface area contributed by atoms with Gasteiger partial charge in [0.15, 0.2) is 0 Å². The van der Waals surface area contributed by atoms with E-state index >= 15 is 0 Å². The number of benzene rings is 2. The largest absolute Gasteiger partial charge is 0.496 e. The van der Waals surface area contributed by atoms with Crippen LogP contribution < -0.4 is 10.5 Å². The van der Waals surface area contributed by atoms with Gasteiger partial charge in [0.05, 0.1) is 45.9 Å². The highest BCUT2D eigenvalue weighted by molar-refractivity contribution is 7.84. The molecule has 2 rings (SSSR count). The van der Waals surface area contributed by atoms with Gasteiger partial charge >= 0.3 is 0 Å². The Morgan fingerprint density at radius 3 is 2.71 bits per heavy atom. The molecule has 0 amide bonds. The first-order chi connectivity index (χ1) is 10.0. The van der Waals surface area contributed by atoms with Crippen LogP contribution in [0.4, 0.5) is 10.1 Å². The van der Waals surface area contributed by atoms with Crippen LogP contribution in [0.25, 0.3) is 0 Å². The van der Waals surface area contributed by atoms with Gasteiger partial charge in [-0.25, -0.2) is 4.39 Å². The number of hydrogen-bond donors (Lipinski definition) is 1. The molecule has 108 valence electrons. The van der Waals surface area contributed by atoms with Crippen LogP contribution >= 0.6 is 0 Å². The summed E-state index contributed by atoms with van der Waals surface area (Å²) in [6.07, 6.45) is 0. The maximum absolute atomic E-state index is 13.0. The maximum atomic E-state index is 13.0. The number of rotatable bonds is 4. The van der Waals surface area contributed by atoms with Crippen molar-refractivity contribution in [1.29, 1.82) is 5.26 Å². The van der Waals surface area contributed by atoms with Gasteiger partial charge in [-0.2, -0.15) is 5.26 Å². The van der Waals surface area contributed by atoms with Gasteiger partial charge in [-0.05, 0) is 36.4 Å². The summed E-state index contributed by atoms with van der Waals surface area (Å²) >= 11 is 0. The lowest BCUT2D eigenvalue weighted by molar-refractivity contribution is 0.411. The van der Waals surface area contributed by atoms with E-state index in [1.54, 1.807) is 18.2 Å². The van der Waals surface area contributed by atoms with Gasteiger partial charge in [0.2, 0.25) is 0 Å². The zero-order chi connectivity index (χ0) is 15.4. The number of nitriles is 1. The van der Waals surface area contributed by atoms with E-state index in [1.165, 1.54) is 19.2 Å². The molecule has 1 atom stereocenters. The summed E-state index contributed by atoms with van der Waals surface area (Å²) in [6.45, 7) is 0. The lowest BCUT2D eigenvalue weighted by Crippen LogP contribution is -2.03. The number of nitrogen functional groups attached to an aromatic ring is 1. The summed E-state index contributed by atoms with van der Waals surface area (Å²) in [5.74, 6) is 0.203. The van der Waals surface area contributed by atoms with E-state index in [1.807, 2.05) is 6.07 Å². The second-order valence-corrected chi connectivity index (χ2v) is 5.73. The highest BCUT2D eigenvalue weighted by Crippen LogP contribution is 2.25. The first-order valence-electron chi connectivity index (χ1n) is 6.05. The van der Waals surface area contributed by atoms with Gasteiger partial charge in [-0.1, -0.05) is 0 Å². The summed E-state index contributed by atoms with van der Waals surface area (Å²) < 4.78 is 30.6. The van der Waals surface area contributed by atoms with Crippen molar-refractivity contribution < 1.29 is 13.3 Å². The Hall–Kier alpha value is -2.39. The van der Waals surface area contributed by atoms with E-state index in [0.717, 1.165) is 6.07 Å². The molecular formula is C15H13FN2O2S. The Morgan fingerprint density at radius 1 is 1.33 bits per heavy atom. The maximum Gasteiger partial charge on any atom is 0.125 e. The molecule has 0 fully saturated rings. The molecule has 4 nitrogen and oxygen atoms in total.